The molecule has 0 aliphatic rings. The first-order valence-electron chi connectivity index (χ1n) is 7.78. The van der Waals surface area contributed by atoms with Crippen molar-refractivity contribution >= 4 is 39.4 Å². The molecule has 0 unspecified atom stereocenters. The number of hydrogen-bond acceptors (Lipinski definition) is 3. The lowest BCUT2D eigenvalue weighted by molar-refractivity contribution is -0.116. The van der Waals surface area contributed by atoms with Crippen molar-refractivity contribution in [3.8, 4) is 0 Å². The van der Waals surface area contributed by atoms with Gasteiger partial charge in [0.1, 0.15) is 17.8 Å². The van der Waals surface area contributed by atoms with E-state index in [1.807, 2.05) is 41.1 Å². The topological polar surface area (TPSA) is 90.3 Å². The van der Waals surface area contributed by atoms with E-state index in [2.05, 4.69) is 5.32 Å². The van der Waals surface area contributed by atoms with Crippen LogP contribution in [-0.2, 0) is 11.3 Å². The summed E-state index contributed by atoms with van der Waals surface area (Å²) in [5.41, 5.74) is 7.15. The van der Waals surface area contributed by atoms with Crippen LogP contribution in [0.2, 0.25) is 0 Å². The molecule has 0 saturated heterocycles. The summed E-state index contributed by atoms with van der Waals surface area (Å²) < 4.78 is 7.32. The fourth-order valence-corrected chi connectivity index (χ4v) is 2.96. The first-order chi connectivity index (χ1) is 12.1. The van der Waals surface area contributed by atoms with E-state index in [4.69, 9.17) is 10.2 Å². The lowest BCUT2D eigenvalue weighted by atomic mass is 10.2. The van der Waals surface area contributed by atoms with Crippen LogP contribution in [0.5, 0.6) is 0 Å². The first-order valence-corrected chi connectivity index (χ1v) is 7.78. The Morgan fingerprint density at radius 1 is 1.04 bits per heavy atom. The van der Waals surface area contributed by atoms with Gasteiger partial charge in [0.25, 0.3) is 5.91 Å². The molecular weight excluding hydrogens is 318 g/mol. The van der Waals surface area contributed by atoms with Gasteiger partial charge in [0.2, 0.25) is 11.7 Å². The van der Waals surface area contributed by atoms with Gasteiger partial charge in [0.15, 0.2) is 0 Å². The Kier molecular flexibility index (Phi) is 3.50. The van der Waals surface area contributed by atoms with Crippen LogP contribution >= 0.6 is 0 Å². The second kappa shape index (κ2) is 5.83. The van der Waals surface area contributed by atoms with E-state index in [1.54, 1.807) is 24.3 Å². The van der Waals surface area contributed by atoms with Gasteiger partial charge in [-0.2, -0.15) is 0 Å². The molecule has 0 spiro atoms. The highest BCUT2D eigenvalue weighted by molar-refractivity contribution is 6.10. The van der Waals surface area contributed by atoms with E-state index in [9.17, 15) is 9.59 Å². The lowest BCUT2D eigenvalue weighted by Crippen LogP contribution is -2.20. The summed E-state index contributed by atoms with van der Waals surface area (Å²) in [4.78, 5) is 24.2. The van der Waals surface area contributed by atoms with Crippen LogP contribution < -0.4 is 11.1 Å². The number of primary amides is 1. The molecule has 2 aromatic carbocycles. The number of para-hydroxylation sites is 2. The molecule has 0 radical (unpaired) electrons. The molecule has 6 nitrogen and oxygen atoms in total. The van der Waals surface area contributed by atoms with Crippen LogP contribution in [-0.4, -0.2) is 16.4 Å². The van der Waals surface area contributed by atoms with Gasteiger partial charge in [-0.3, -0.25) is 9.59 Å². The third-order valence-electron chi connectivity index (χ3n) is 4.08. The molecular formula is C19H15N3O3. The summed E-state index contributed by atoms with van der Waals surface area (Å²) in [5, 5.41) is 4.46. The molecule has 2 aromatic heterocycles. The largest absolute Gasteiger partial charge is 0.449 e. The minimum Gasteiger partial charge on any atom is -0.449 e. The number of anilines is 1. The van der Waals surface area contributed by atoms with Crippen molar-refractivity contribution in [3.05, 3.63) is 66.6 Å². The maximum atomic E-state index is 12.5. The molecule has 2 heterocycles. The highest BCUT2D eigenvalue weighted by Crippen LogP contribution is 2.30. The zero-order valence-electron chi connectivity index (χ0n) is 13.2. The van der Waals surface area contributed by atoms with Gasteiger partial charge in [0.05, 0.1) is 0 Å². The molecule has 124 valence electrons. The Labute approximate surface area is 142 Å². The maximum absolute atomic E-state index is 12.5. The fraction of sp³-hybridized carbons (Fsp3) is 0.0526. The number of amides is 2. The SMILES string of the molecule is NC(=O)c1oc2ccccc2c1NC(=O)Cn1ccc2ccccc21. The van der Waals surface area contributed by atoms with Crippen LogP contribution in [0.25, 0.3) is 21.9 Å². The van der Waals surface area contributed by atoms with E-state index >= 15 is 0 Å². The number of nitrogens with two attached hydrogens (primary N) is 1. The van der Waals surface area contributed by atoms with Crippen LogP contribution in [0.15, 0.2) is 65.2 Å². The molecule has 3 N–H and O–H groups in total. The molecule has 0 fully saturated rings. The second-order valence-corrected chi connectivity index (χ2v) is 5.72. The van der Waals surface area contributed by atoms with Crippen molar-refractivity contribution in [1.82, 2.24) is 4.57 Å². The number of nitrogens with zero attached hydrogens (tertiary/aromatic N) is 1. The Hall–Kier alpha value is -3.54. The zero-order chi connectivity index (χ0) is 17.4. The standard InChI is InChI=1S/C19H15N3O3/c20-19(24)18-17(13-6-2-4-8-15(13)25-18)21-16(23)11-22-10-9-12-5-1-3-7-14(12)22/h1-10H,11H2,(H2,20,24)(H,21,23). The van der Waals surface area contributed by atoms with Crippen LogP contribution in [0.4, 0.5) is 5.69 Å². The number of rotatable bonds is 4. The normalized spacial score (nSPS) is 11.0. The Morgan fingerprint density at radius 3 is 2.64 bits per heavy atom. The minimum atomic E-state index is -0.724. The second-order valence-electron chi connectivity index (χ2n) is 5.72. The smallest absolute Gasteiger partial charge is 0.286 e. The molecule has 0 atom stereocenters. The highest BCUT2D eigenvalue weighted by Gasteiger charge is 2.20. The summed E-state index contributed by atoms with van der Waals surface area (Å²) in [5.74, 6) is -1.04. The maximum Gasteiger partial charge on any atom is 0.286 e. The number of hydrogen-bond donors (Lipinski definition) is 2. The fourth-order valence-electron chi connectivity index (χ4n) is 2.96. The van der Waals surface area contributed by atoms with Crippen LogP contribution in [0.1, 0.15) is 10.6 Å². The monoisotopic (exact) mass is 333 g/mol. The lowest BCUT2D eigenvalue weighted by Gasteiger charge is -2.07. The number of carbonyl (C=O) groups excluding carboxylic acids is 2. The van der Waals surface area contributed by atoms with Gasteiger partial charge >= 0.3 is 0 Å². The van der Waals surface area contributed by atoms with Crippen LogP contribution in [0.3, 0.4) is 0 Å². The van der Waals surface area contributed by atoms with Gasteiger partial charge < -0.3 is 20.0 Å². The van der Waals surface area contributed by atoms with Crippen molar-refractivity contribution < 1.29 is 14.0 Å². The van der Waals surface area contributed by atoms with Gasteiger partial charge in [-0.15, -0.1) is 0 Å². The zero-order valence-corrected chi connectivity index (χ0v) is 13.2. The number of benzene rings is 2. The first kappa shape index (κ1) is 15.0. The minimum absolute atomic E-state index is 0.0492. The van der Waals surface area contributed by atoms with E-state index in [0.717, 1.165) is 10.9 Å². The van der Waals surface area contributed by atoms with Gasteiger partial charge in [-0.1, -0.05) is 30.3 Å². The molecule has 6 heteroatoms. The molecule has 0 aliphatic heterocycles. The molecule has 0 bridgehead atoms. The summed E-state index contributed by atoms with van der Waals surface area (Å²) in [6.45, 7) is 0.116. The van der Waals surface area contributed by atoms with Gasteiger partial charge in [-0.05, 0) is 29.7 Å². The van der Waals surface area contributed by atoms with E-state index in [0.29, 0.717) is 16.7 Å². The average molecular weight is 333 g/mol. The molecule has 4 aromatic rings. The van der Waals surface area contributed by atoms with E-state index in [1.165, 1.54) is 0 Å². The van der Waals surface area contributed by atoms with Crippen molar-refractivity contribution in [2.75, 3.05) is 5.32 Å². The third kappa shape index (κ3) is 2.63. The quantitative estimate of drug-likeness (QED) is 0.601. The molecule has 4 rings (SSSR count). The van der Waals surface area contributed by atoms with Crippen molar-refractivity contribution in [2.24, 2.45) is 5.73 Å². The van der Waals surface area contributed by atoms with Gasteiger partial charge in [-0.25, -0.2) is 0 Å². The molecule has 2 amide bonds. The Morgan fingerprint density at radius 2 is 1.80 bits per heavy atom. The highest BCUT2D eigenvalue weighted by atomic mass is 16.3. The number of fused-ring (bicyclic) bond motifs is 2. The predicted octanol–water partition coefficient (Wildman–Crippen LogP) is 3.13. The summed E-state index contributed by atoms with van der Waals surface area (Å²) >= 11 is 0. The Bertz CT molecular complexity index is 1110. The van der Waals surface area contributed by atoms with Crippen molar-refractivity contribution in [3.63, 3.8) is 0 Å². The van der Waals surface area contributed by atoms with E-state index in [-0.39, 0.29) is 18.2 Å². The summed E-state index contributed by atoms with van der Waals surface area (Å²) in [6, 6.07) is 16.8. The average Bonchev–Trinajstić information content (AvgIpc) is 3.17. The summed E-state index contributed by atoms with van der Waals surface area (Å²) in [7, 11) is 0. The molecule has 0 saturated carbocycles. The van der Waals surface area contributed by atoms with E-state index < -0.39 is 5.91 Å². The summed E-state index contributed by atoms with van der Waals surface area (Å²) in [6.07, 6.45) is 1.85. The molecule has 0 aliphatic carbocycles. The predicted molar refractivity (Wildman–Crippen MR) is 95.3 cm³/mol. The third-order valence-corrected chi connectivity index (χ3v) is 4.08. The van der Waals surface area contributed by atoms with Crippen molar-refractivity contribution in [1.29, 1.82) is 0 Å². The number of furan rings is 1. The van der Waals surface area contributed by atoms with Gasteiger partial charge in [0, 0.05) is 17.1 Å². The number of nitrogens with one attached hydrogen (secondary N) is 1. The van der Waals surface area contributed by atoms with Crippen molar-refractivity contribution in [2.45, 2.75) is 6.54 Å². The molecule has 25 heavy (non-hydrogen) atoms. The van der Waals surface area contributed by atoms with Crippen LogP contribution in [0, 0.1) is 0 Å². The Balaban J connectivity index is 1.66. The number of aromatic nitrogens is 1. The number of carbonyl (C=O) groups is 2.